The maximum atomic E-state index is 15.3. The van der Waals surface area contributed by atoms with Crippen LogP contribution in [-0.4, -0.2) is 14.1 Å². The smallest absolute Gasteiger partial charge is 0.203 e. The summed E-state index contributed by atoms with van der Waals surface area (Å²) in [6.07, 6.45) is 0. The highest BCUT2D eigenvalue weighted by Crippen LogP contribution is 2.48. The molecular formula is C28H25NO2P+. The topological polar surface area (TPSA) is 33.2 Å². The van der Waals surface area contributed by atoms with E-state index in [-0.39, 0.29) is 0 Å². The van der Waals surface area contributed by atoms with E-state index in [9.17, 15) is 0 Å². The normalized spacial score (nSPS) is 11.7. The minimum absolute atomic E-state index is 0.733. The highest BCUT2D eigenvalue weighted by molar-refractivity contribution is 7.86. The standard InChI is InChI=1S/C28H25NO2P/c1-20-14-16-24-26(18-20)31-27-19-21(29(2)3)15-17-25(27)28(24)32(30,22-10-6-4-7-11-22)23-12-8-5-9-13-23/h4-19H,1-3H3/q+1. The van der Waals surface area contributed by atoms with Crippen molar-refractivity contribution in [2.45, 2.75) is 6.92 Å². The van der Waals surface area contributed by atoms with Crippen LogP contribution in [-0.2, 0) is 4.57 Å². The first-order chi connectivity index (χ1) is 15.5. The maximum Gasteiger partial charge on any atom is 0.203 e. The monoisotopic (exact) mass is 438 g/mol. The van der Waals surface area contributed by atoms with Crippen LogP contribution in [0.1, 0.15) is 5.56 Å². The van der Waals surface area contributed by atoms with Crippen LogP contribution < -0.4 is 25.8 Å². The van der Waals surface area contributed by atoms with Crippen molar-refractivity contribution in [3.05, 3.63) is 108 Å². The van der Waals surface area contributed by atoms with Crippen molar-refractivity contribution >= 4 is 34.0 Å². The highest BCUT2D eigenvalue weighted by Gasteiger charge is 2.35. The molecule has 0 atom stereocenters. The summed E-state index contributed by atoms with van der Waals surface area (Å²) in [5, 5.41) is 4.39. The summed E-state index contributed by atoms with van der Waals surface area (Å²) < 4.78 is 23.7. The fraction of sp³-hybridized carbons (Fsp3) is 0.107. The number of aryl methyl sites for hydroxylation is 1. The fourth-order valence-corrected chi connectivity index (χ4v) is 7.31. The van der Waals surface area contributed by atoms with Gasteiger partial charge in [0.05, 0.1) is 6.07 Å². The van der Waals surface area contributed by atoms with E-state index in [1.807, 2.05) is 111 Å². The second kappa shape index (κ2) is 7.93. The Morgan fingerprint density at radius 2 is 1.38 bits per heavy atom. The van der Waals surface area contributed by atoms with Gasteiger partial charge in [0, 0.05) is 32.9 Å². The lowest BCUT2D eigenvalue weighted by Crippen LogP contribution is -2.28. The number of rotatable bonds is 3. The zero-order valence-electron chi connectivity index (χ0n) is 18.4. The molecule has 3 nitrogen and oxygen atoms in total. The van der Waals surface area contributed by atoms with Gasteiger partial charge in [0.25, 0.3) is 0 Å². The van der Waals surface area contributed by atoms with Gasteiger partial charge in [0.1, 0.15) is 25.4 Å². The number of fused-ring (bicyclic) bond motifs is 2. The van der Waals surface area contributed by atoms with Crippen LogP contribution in [0.2, 0.25) is 0 Å². The molecule has 5 rings (SSSR count). The Hall–Kier alpha value is -3.42. The number of hydrogen-bond donors (Lipinski definition) is 0. The molecule has 0 saturated heterocycles. The van der Waals surface area contributed by atoms with Gasteiger partial charge in [0.2, 0.25) is 5.36 Å². The summed E-state index contributed by atoms with van der Waals surface area (Å²) in [5.41, 5.74) is 2.73. The summed E-state index contributed by atoms with van der Waals surface area (Å²) in [7, 11) is 0.817. The van der Waals surface area contributed by atoms with Crippen molar-refractivity contribution in [1.29, 1.82) is 0 Å². The molecule has 1 aliphatic heterocycles. The first-order valence-corrected chi connectivity index (χ1v) is 12.4. The summed E-state index contributed by atoms with van der Waals surface area (Å²) in [6.45, 7) is 2.04. The average molecular weight is 438 g/mol. The van der Waals surface area contributed by atoms with E-state index in [0.717, 1.165) is 49.1 Å². The maximum absolute atomic E-state index is 15.3. The molecular weight excluding hydrogens is 413 g/mol. The van der Waals surface area contributed by atoms with Gasteiger partial charge in [-0.25, -0.2) is 4.58 Å². The van der Waals surface area contributed by atoms with E-state index in [2.05, 4.69) is 12.1 Å². The fourth-order valence-electron chi connectivity index (χ4n) is 4.26. The lowest BCUT2D eigenvalue weighted by atomic mass is 10.1. The summed E-state index contributed by atoms with van der Waals surface area (Å²) in [5.74, 6) is 0.733. The molecule has 0 aromatic heterocycles. The van der Waals surface area contributed by atoms with Crippen LogP contribution in [0.15, 0.2) is 101 Å². The van der Waals surface area contributed by atoms with Crippen molar-refractivity contribution in [2.24, 2.45) is 0 Å². The molecule has 3 aromatic carbocycles. The van der Waals surface area contributed by atoms with Crippen LogP contribution in [0, 0.1) is 6.92 Å². The van der Waals surface area contributed by atoms with Crippen LogP contribution in [0.4, 0.5) is 0 Å². The Bertz CT molecular complexity index is 1470. The molecule has 1 aliphatic carbocycles. The third-order valence-corrected chi connectivity index (χ3v) is 9.07. The van der Waals surface area contributed by atoms with Crippen molar-refractivity contribution < 1.29 is 8.98 Å². The Morgan fingerprint density at radius 3 is 1.97 bits per heavy atom. The van der Waals surface area contributed by atoms with E-state index in [4.69, 9.17) is 4.42 Å². The second-order valence-corrected chi connectivity index (χ2v) is 11.0. The Kier molecular flexibility index (Phi) is 5.07. The van der Waals surface area contributed by atoms with E-state index in [1.54, 1.807) is 0 Å². The molecule has 0 bridgehead atoms. The molecule has 0 radical (unpaired) electrons. The van der Waals surface area contributed by atoms with Gasteiger partial charge < -0.3 is 8.98 Å². The predicted molar refractivity (Wildman–Crippen MR) is 134 cm³/mol. The first kappa shape index (κ1) is 20.5. The second-order valence-electron chi connectivity index (χ2n) is 8.31. The van der Waals surface area contributed by atoms with E-state index < -0.39 is 7.14 Å². The van der Waals surface area contributed by atoms with Crippen molar-refractivity contribution in [3.63, 3.8) is 0 Å². The Morgan fingerprint density at radius 1 is 0.750 bits per heavy atom. The Balaban J connectivity index is 2.00. The van der Waals surface area contributed by atoms with Gasteiger partial charge in [-0.05, 0) is 24.6 Å². The van der Waals surface area contributed by atoms with Crippen LogP contribution >= 0.6 is 7.14 Å². The molecule has 0 fully saturated rings. The number of nitrogens with zero attached hydrogens (tertiary/aromatic N) is 1. The van der Waals surface area contributed by atoms with Crippen LogP contribution in [0.3, 0.4) is 0 Å². The molecule has 158 valence electrons. The lowest BCUT2D eigenvalue weighted by molar-refractivity contribution is 0.591. The van der Waals surface area contributed by atoms with Crippen LogP contribution in [0.5, 0.6) is 0 Å². The SMILES string of the molecule is Cc1ccc2c(P(=O)(c3ccccc3)c3ccccc3)c3ccc(=[N+](C)C)cc-3oc2c1. The zero-order chi connectivity index (χ0) is 22.3. The van der Waals surface area contributed by atoms with Gasteiger partial charge in [-0.15, -0.1) is 0 Å². The van der Waals surface area contributed by atoms with Gasteiger partial charge in [-0.3, -0.25) is 0 Å². The van der Waals surface area contributed by atoms with Crippen molar-refractivity contribution in [1.82, 2.24) is 4.58 Å². The van der Waals surface area contributed by atoms with Gasteiger partial charge in [-0.1, -0.05) is 72.8 Å². The average Bonchev–Trinajstić information content (AvgIpc) is 2.82. The molecule has 0 saturated carbocycles. The number of benzene rings is 4. The molecule has 2 aliphatic rings. The first-order valence-electron chi connectivity index (χ1n) is 10.7. The zero-order valence-corrected chi connectivity index (χ0v) is 19.3. The third-order valence-electron chi connectivity index (χ3n) is 5.90. The molecule has 0 N–H and O–H groups in total. The molecule has 0 spiro atoms. The van der Waals surface area contributed by atoms with E-state index in [0.29, 0.717) is 0 Å². The molecule has 0 amide bonds. The quantitative estimate of drug-likeness (QED) is 0.236. The minimum atomic E-state index is -3.20. The van der Waals surface area contributed by atoms with E-state index in [1.165, 1.54) is 0 Å². The third kappa shape index (κ3) is 3.30. The largest absolute Gasteiger partial charge is 0.456 e. The molecule has 4 heteroatoms. The molecule has 3 aromatic rings. The molecule has 1 heterocycles. The highest BCUT2D eigenvalue weighted by atomic mass is 31.2. The predicted octanol–water partition coefficient (Wildman–Crippen LogP) is 4.52. The van der Waals surface area contributed by atoms with Gasteiger partial charge >= 0.3 is 0 Å². The summed E-state index contributed by atoms with van der Waals surface area (Å²) >= 11 is 0. The summed E-state index contributed by atoms with van der Waals surface area (Å²) in [4.78, 5) is 0. The number of hydrogen-bond acceptors (Lipinski definition) is 2. The Labute approximate surface area is 188 Å². The minimum Gasteiger partial charge on any atom is -0.456 e. The van der Waals surface area contributed by atoms with Gasteiger partial charge in [-0.2, -0.15) is 0 Å². The summed E-state index contributed by atoms with van der Waals surface area (Å²) in [6, 6.07) is 31.9. The van der Waals surface area contributed by atoms with Crippen molar-refractivity contribution in [3.8, 4) is 11.3 Å². The van der Waals surface area contributed by atoms with Gasteiger partial charge in [0.15, 0.2) is 7.14 Å². The molecule has 0 unspecified atom stereocenters. The van der Waals surface area contributed by atoms with E-state index >= 15 is 4.57 Å². The lowest BCUT2D eigenvalue weighted by Gasteiger charge is -2.25. The van der Waals surface area contributed by atoms with Crippen molar-refractivity contribution in [2.75, 3.05) is 14.1 Å². The van der Waals surface area contributed by atoms with Crippen LogP contribution in [0.25, 0.3) is 22.3 Å². The molecule has 32 heavy (non-hydrogen) atoms.